The van der Waals surface area contributed by atoms with Crippen LogP contribution >= 0.6 is 23.2 Å². The lowest BCUT2D eigenvalue weighted by atomic mass is 10.1. The number of aromatic amines is 1. The van der Waals surface area contributed by atoms with E-state index in [0.29, 0.717) is 26.5 Å². The first kappa shape index (κ1) is 14.6. The summed E-state index contributed by atoms with van der Waals surface area (Å²) in [4.78, 5) is 24.1. The number of hydrogen-bond acceptors (Lipinski definition) is 3. The van der Waals surface area contributed by atoms with Crippen molar-refractivity contribution >= 4 is 45.6 Å². The van der Waals surface area contributed by atoms with Gasteiger partial charge in [0.25, 0.3) is 11.5 Å². The highest BCUT2D eigenvalue weighted by Crippen LogP contribution is 2.26. The maximum absolute atomic E-state index is 12.4. The molecule has 1 heterocycles. The third-order valence-corrected chi connectivity index (χ3v) is 3.64. The number of aromatic nitrogens is 2. The molecule has 3 aromatic rings. The van der Waals surface area contributed by atoms with Gasteiger partial charge in [-0.3, -0.25) is 9.59 Å². The van der Waals surface area contributed by atoms with Crippen LogP contribution in [0.25, 0.3) is 10.8 Å². The van der Waals surface area contributed by atoms with E-state index in [0.717, 1.165) is 0 Å². The summed E-state index contributed by atoms with van der Waals surface area (Å²) in [6, 6.07) is 11.5. The zero-order valence-corrected chi connectivity index (χ0v) is 12.6. The van der Waals surface area contributed by atoms with Gasteiger partial charge in [0, 0.05) is 10.4 Å². The van der Waals surface area contributed by atoms with Crippen LogP contribution < -0.4 is 10.9 Å². The number of nitrogens with one attached hydrogen (secondary N) is 2. The zero-order chi connectivity index (χ0) is 15.7. The van der Waals surface area contributed by atoms with E-state index in [-0.39, 0.29) is 11.3 Å². The smallest absolute Gasteiger partial charge is 0.276 e. The van der Waals surface area contributed by atoms with E-state index in [2.05, 4.69) is 15.5 Å². The normalized spacial score (nSPS) is 10.6. The van der Waals surface area contributed by atoms with Crippen molar-refractivity contribution in [2.45, 2.75) is 0 Å². The third kappa shape index (κ3) is 2.68. The molecule has 22 heavy (non-hydrogen) atoms. The van der Waals surface area contributed by atoms with Crippen LogP contribution in [-0.2, 0) is 0 Å². The predicted molar refractivity (Wildman–Crippen MR) is 86.8 cm³/mol. The van der Waals surface area contributed by atoms with Gasteiger partial charge in [0.05, 0.1) is 16.1 Å². The van der Waals surface area contributed by atoms with Crippen molar-refractivity contribution in [3.63, 3.8) is 0 Å². The quantitative estimate of drug-likeness (QED) is 0.753. The van der Waals surface area contributed by atoms with Crippen LogP contribution in [0.15, 0.2) is 47.3 Å². The highest BCUT2D eigenvalue weighted by Gasteiger charge is 2.15. The van der Waals surface area contributed by atoms with Crippen molar-refractivity contribution in [3.8, 4) is 0 Å². The molecule has 1 aromatic heterocycles. The molecule has 7 heteroatoms. The van der Waals surface area contributed by atoms with Gasteiger partial charge in [0.15, 0.2) is 5.69 Å². The predicted octanol–water partition coefficient (Wildman–Crippen LogP) is 3.48. The standard InChI is InChI=1S/C15H9Cl2N3O2/c16-8-5-6-12(11(17)7-8)18-15(22)13-9-3-1-2-4-10(9)14(21)20-19-13/h1-7H,(H,18,22)(H,20,21). The van der Waals surface area contributed by atoms with Gasteiger partial charge in [-0.1, -0.05) is 41.4 Å². The Morgan fingerprint density at radius 2 is 1.82 bits per heavy atom. The number of amides is 1. The molecule has 0 spiro atoms. The van der Waals surface area contributed by atoms with Crippen LogP contribution in [0.4, 0.5) is 5.69 Å². The molecule has 0 atom stereocenters. The number of nitrogens with zero attached hydrogens (tertiary/aromatic N) is 1. The Balaban J connectivity index is 2.03. The molecule has 0 aliphatic heterocycles. The molecule has 0 unspecified atom stereocenters. The van der Waals surface area contributed by atoms with Gasteiger partial charge < -0.3 is 5.32 Å². The van der Waals surface area contributed by atoms with Crippen LogP contribution in [0.5, 0.6) is 0 Å². The Morgan fingerprint density at radius 1 is 1.09 bits per heavy atom. The van der Waals surface area contributed by atoms with Gasteiger partial charge in [-0.05, 0) is 24.3 Å². The summed E-state index contributed by atoms with van der Waals surface area (Å²) in [6.45, 7) is 0. The van der Waals surface area contributed by atoms with Crippen LogP contribution in [0.1, 0.15) is 10.5 Å². The summed E-state index contributed by atoms with van der Waals surface area (Å²) in [6.07, 6.45) is 0. The van der Waals surface area contributed by atoms with Gasteiger partial charge in [0.1, 0.15) is 0 Å². The summed E-state index contributed by atoms with van der Waals surface area (Å²) in [5.41, 5.74) is 0.172. The molecule has 0 saturated carbocycles. The first-order valence-corrected chi connectivity index (χ1v) is 7.05. The molecule has 2 aromatic carbocycles. The Labute approximate surface area is 134 Å². The average molecular weight is 334 g/mol. The zero-order valence-electron chi connectivity index (χ0n) is 11.1. The van der Waals surface area contributed by atoms with E-state index in [4.69, 9.17) is 23.2 Å². The molecule has 0 fully saturated rings. The largest absolute Gasteiger partial charge is 0.319 e. The van der Waals surface area contributed by atoms with E-state index < -0.39 is 5.91 Å². The van der Waals surface area contributed by atoms with E-state index >= 15 is 0 Å². The SMILES string of the molecule is O=C(Nc1ccc(Cl)cc1Cl)c1n[nH]c(=O)c2ccccc12. The minimum absolute atomic E-state index is 0.112. The van der Waals surface area contributed by atoms with Crippen molar-refractivity contribution in [3.05, 3.63) is 68.6 Å². The van der Waals surface area contributed by atoms with Gasteiger partial charge in [-0.2, -0.15) is 5.10 Å². The van der Waals surface area contributed by atoms with Crippen LogP contribution in [0, 0.1) is 0 Å². The lowest BCUT2D eigenvalue weighted by Gasteiger charge is -2.08. The molecule has 5 nitrogen and oxygen atoms in total. The van der Waals surface area contributed by atoms with Crippen molar-refractivity contribution < 1.29 is 4.79 Å². The van der Waals surface area contributed by atoms with Gasteiger partial charge in [-0.15, -0.1) is 0 Å². The lowest BCUT2D eigenvalue weighted by molar-refractivity contribution is 0.102. The lowest BCUT2D eigenvalue weighted by Crippen LogP contribution is -2.19. The number of benzene rings is 2. The average Bonchev–Trinajstić information content (AvgIpc) is 2.50. The monoisotopic (exact) mass is 333 g/mol. The number of rotatable bonds is 2. The molecule has 110 valence electrons. The first-order chi connectivity index (χ1) is 10.6. The summed E-state index contributed by atoms with van der Waals surface area (Å²) < 4.78 is 0. The minimum Gasteiger partial charge on any atom is -0.319 e. The number of hydrogen-bond donors (Lipinski definition) is 2. The van der Waals surface area contributed by atoms with Crippen molar-refractivity contribution in [1.82, 2.24) is 10.2 Å². The van der Waals surface area contributed by atoms with Gasteiger partial charge in [-0.25, -0.2) is 5.10 Å². The van der Waals surface area contributed by atoms with Crippen molar-refractivity contribution in [2.75, 3.05) is 5.32 Å². The number of halogens is 2. The maximum Gasteiger partial charge on any atom is 0.276 e. The topological polar surface area (TPSA) is 74.8 Å². The highest BCUT2D eigenvalue weighted by molar-refractivity contribution is 6.36. The molecule has 0 saturated heterocycles. The molecular formula is C15H9Cl2N3O2. The summed E-state index contributed by atoms with van der Waals surface area (Å²) in [5.74, 6) is -0.475. The maximum atomic E-state index is 12.4. The molecule has 3 rings (SSSR count). The number of fused-ring (bicyclic) bond motifs is 1. The number of carbonyl (C=O) groups is 1. The second-order valence-electron chi connectivity index (χ2n) is 4.53. The Morgan fingerprint density at radius 3 is 2.55 bits per heavy atom. The van der Waals surface area contributed by atoms with Crippen LogP contribution in [0.3, 0.4) is 0 Å². The van der Waals surface area contributed by atoms with Crippen molar-refractivity contribution in [1.29, 1.82) is 0 Å². The Hall–Kier alpha value is -2.37. The number of carbonyl (C=O) groups excluding carboxylic acids is 1. The van der Waals surface area contributed by atoms with Gasteiger partial charge >= 0.3 is 0 Å². The fourth-order valence-corrected chi connectivity index (χ4v) is 2.52. The van der Waals surface area contributed by atoms with E-state index in [1.54, 1.807) is 36.4 Å². The number of H-pyrrole nitrogens is 1. The summed E-state index contributed by atoms with van der Waals surface area (Å²) >= 11 is 11.8. The molecule has 0 bridgehead atoms. The fraction of sp³-hybridized carbons (Fsp3) is 0. The fourth-order valence-electron chi connectivity index (χ4n) is 2.06. The van der Waals surface area contributed by atoms with Crippen LogP contribution in [-0.4, -0.2) is 16.1 Å². The van der Waals surface area contributed by atoms with Crippen LogP contribution in [0.2, 0.25) is 10.0 Å². The Bertz CT molecular complexity index is 937. The molecule has 0 aliphatic rings. The molecule has 0 aliphatic carbocycles. The second kappa shape index (κ2) is 5.79. The minimum atomic E-state index is -0.475. The second-order valence-corrected chi connectivity index (χ2v) is 5.37. The third-order valence-electron chi connectivity index (χ3n) is 3.09. The van der Waals surface area contributed by atoms with E-state index in [9.17, 15) is 9.59 Å². The molecule has 1 amide bonds. The summed E-state index contributed by atoms with van der Waals surface area (Å²) in [7, 11) is 0. The molecule has 2 N–H and O–H groups in total. The Kier molecular flexibility index (Phi) is 3.83. The number of anilines is 1. The van der Waals surface area contributed by atoms with Crippen molar-refractivity contribution in [2.24, 2.45) is 0 Å². The highest BCUT2D eigenvalue weighted by atomic mass is 35.5. The van der Waals surface area contributed by atoms with E-state index in [1.807, 2.05) is 0 Å². The molecule has 0 radical (unpaired) electrons. The molecular weight excluding hydrogens is 325 g/mol. The van der Waals surface area contributed by atoms with E-state index in [1.165, 1.54) is 6.07 Å². The first-order valence-electron chi connectivity index (χ1n) is 6.30. The summed E-state index contributed by atoms with van der Waals surface area (Å²) in [5, 5.41) is 10.4. The van der Waals surface area contributed by atoms with Gasteiger partial charge in [0.2, 0.25) is 0 Å².